The van der Waals surface area contributed by atoms with Crippen LogP contribution in [0.5, 0.6) is 11.5 Å². The molecular formula is C14H17ClN2O2S. The van der Waals surface area contributed by atoms with Crippen LogP contribution >= 0.6 is 22.9 Å². The van der Waals surface area contributed by atoms with E-state index in [-0.39, 0.29) is 0 Å². The second kappa shape index (κ2) is 6.43. The highest BCUT2D eigenvalue weighted by Crippen LogP contribution is 2.40. The molecule has 0 unspecified atom stereocenters. The van der Waals surface area contributed by atoms with E-state index in [4.69, 9.17) is 26.8 Å². The maximum absolute atomic E-state index is 6.22. The lowest BCUT2D eigenvalue weighted by Crippen LogP contribution is -2.01. The Morgan fingerprint density at radius 2 is 2.05 bits per heavy atom. The Bertz CT molecular complexity index is 613. The van der Waals surface area contributed by atoms with Crippen LogP contribution in [0.15, 0.2) is 12.1 Å². The number of thiazole rings is 1. The molecule has 0 radical (unpaired) electrons. The molecule has 0 spiro atoms. The molecule has 0 atom stereocenters. The van der Waals surface area contributed by atoms with Crippen molar-refractivity contribution in [1.82, 2.24) is 4.98 Å². The van der Waals surface area contributed by atoms with Crippen molar-refractivity contribution < 1.29 is 9.47 Å². The minimum Gasteiger partial charge on any atom is -0.493 e. The molecule has 0 aliphatic carbocycles. The van der Waals surface area contributed by atoms with E-state index < -0.39 is 0 Å². The van der Waals surface area contributed by atoms with Gasteiger partial charge in [0, 0.05) is 10.4 Å². The van der Waals surface area contributed by atoms with Crippen molar-refractivity contribution in [3.63, 3.8) is 0 Å². The van der Waals surface area contributed by atoms with Crippen molar-refractivity contribution in [2.45, 2.75) is 13.3 Å². The highest BCUT2D eigenvalue weighted by atomic mass is 35.5. The molecule has 20 heavy (non-hydrogen) atoms. The van der Waals surface area contributed by atoms with Gasteiger partial charge in [0.2, 0.25) is 0 Å². The van der Waals surface area contributed by atoms with Crippen LogP contribution in [0.25, 0.3) is 10.6 Å². The minimum atomic E-state index is 0.509. The molecule has 2 N–H and O–H groups in total. The van der Waals surface area contributed by atoms with Crippen molar-refractivity contribution in [3.8, 4) is 22.1 Å². The summed E-state index contributed by atoms with van der Waals surface area (Å²) in [5.41, 5.74) is 7.54. The fraction of sp³-hybridized carbons (Fsp3) is 0.357. The quantitative estimate of drug-likeness (QED) is 0.920. The first-order valence-electron chi connectivity index (χ1n) is 6.19. The first-order valence-corrected chi connectivity index (χ1v) is 7.38. The maximum Gasteiger partial charge on any atom is 0.179 e. The lowest BCUT2D eigenvalue weighted by molar-refractivity contribution is 0.355. The van der Waals surface area contributed by atoms with Crippen molar-refractivity contribution in [3.05, 3.63) is 27.7 Å². The fourth-order valence-electron chi connectivity index (χ4n) is 1.96. The van der Waals surface area contributed by atoms with Crippen LogP contribution in [-0.4, -0.2) is 25.7 Å². The molecule has 6 heteroatoms. The van der Waals surface area contributed by atoms with Gasteiger partial charge in [-0.1, -0.05) is 11.6 Å². The Morgan fingerprint density at radius 3 is 2.65 bits per heavy atom. The largest absolute Gasteiger partial charge is 0.493 e. The number of rotatable bonds is 5. The van der Waals surface area contributed by atoms with Gasteiger partial charge in [0.15, 0.2) is 11.5 Å². The van der Waals surface area contributed by atoms with Gasteiger partial charge in [-0.3, -0.25) is 0 Å². The van der Waals surface area contributed by atoms with Crippen LogP contribution in [0.4, 0.5) is 0 Å². The van der Waals surface area contributed by atoms with Gasteiger partial charge in [0.1, 0.15) is 5.01 Å². The standard InChI is InChI=1S/C14H17ClN2O2S/c1-8-12(4-5-16)20-14(17-8)9-6-10(15)13(19-3)11(7-9)18-2/h6-7H,4-5,16H2,1-3H3. The third-order valence-corrected chi connectivity index (χ3v) is 4.49. The van der Waals surface area contributed by atoms with Crippen LogP contribution in [0.1, 0.15) is 10.6 Å². The third-order valence-electron chi connectivity index (χ3n) is 2.94. The monoisotopic (exact) mass is 312 g/mol. The number of ether oxygens (including phenoxy) is 2. The topological polar surface area (TPSA) is 57.4 Å². The second-order valence-corrected chi connectivity index (χ2v) is 5.75. The Hall–Kier alpha value is -1.30. The van der Waals surface area contributed by atoms with Gasteiger partial charge >= 0.3 is 0 Å². The average molecular weight is 313 g/mol. The SMILES string of the molecule is COc1cc(-c2nc(C)c(CCN)s2)cc(Cl)c1OC. The number of hydrogen-bond acceptors (Lipinski definition) is 5. The van der Waals surface area contributed by atoms with Crippen LogP contribution < -0.4 is 15.2 Å². The van der Waals surface area contributed by atoms with Crippen molar-refractivity contribution in [2.24, 2.45) is 5.73 Å². The van der Waals surface area contributed by atoms with E-state index in [1.54, 1.807) is 25.6 Å². The summed E-state index contributed by atoms with van der Waals surface area (Å²) in [7, 11) is 3.15. The van der Waals surface area contributed by atoms with Gasteiger partial charge in [-0.2, -0.15) is 0 Å². The van der Waals surface area contributed by atoms with Crippen LogP contribution in [-0.2, 0) is 6.42 Å². The van der Waals surface area contributed by atoms with Gasteiger partial charge in [0.05, 0.1) is 24.9 Å². The Balaban J connectivity index is 2.47. The Labute approximate surface area is 127 Å². The number of aromatic nitrogens is 1. The van der Waals surface area contributed by atoms with Gasteiger partial charge in [0.25, 0.3) is 0 Å². The Morgan fingerprint density at radius 1 is 1.30 bits per heavy atom. The summed E-state index contributed by atoms with van der Waals surface area (Å²) in [5, 5.41) is 1.42. The Kier molecular flexibility index (Phi) is 4.86. The predicted octanol–water partition coefficient (Wildman–Crippen LogP) is 3.29. The molecule has 2 rings (SSSR count). The summed E-state index contributed by atoms with van der Waals surface area (Å²) in [5.74, 6) is 1.14. The van der Waals surface area contributed by atoms with Gasteiger partial charge in [-0.05, 0) is 32.0 Å². The molecular weight excluding hydrogens is 296 g/mol. The summed E-state index contributed by atoms with van der Waals surface area (Å²) in [6.07, 6.45) is 0.838. The van der Waals surface area contributed by atoms with E-state index in [1.165, 1.54) is 4.88 Å². The zero-order chi connectivity index (χ0) is 14.7. The zero-order valence-corrected chi connectivity index (χ0v) is 13.3. The summed E-state index contributed by atoms with van der Waals surface area (Å²) in [6.45, 7) is 2.61. The lowest BCUT2D eigenvalue weighted by atomic mass is 10.2. The zero-order valence-electron chi connectivity index (χ0n) is 11.7. The molecule has 1 heterocycles. The molecule has 108 valence electrons. The first-order chi connectivity index (χ1) is 9.60. The van der Waals surface area contributed by atoms with Crippen LogP contribution in [0, 0.1) is 6.92 Å². The number of nitrogens with zero attached hydrogens (tertiary/aromatic N) is 1. The average Bonchev–Trinajstić information content (AvgIpc) is 2.79. The highest BCUT2D eigenvalue weighted by Gasteiger charge is 2.15. The molecule has 0 fully saturated rings. The molecule has 2 aromatic rings. The maximum atomic E-state index is 6.22. The van der Waals surface area contributed by atoms with Crippen LogP contribution in [0.2, 0.25) is 5.02 Å². The second-order valence-electron chi connectivity index (χ2n) is 4.26. The molecule has 0 aliphatic heterocycles. The minimum absolute atomic E-state index is 0.509. The highest BCUT2D eigenvalue weighted by molar-refractivity contribution is 7.15. The van der Waals surface area contributed by atoms with E-state index in [0.717, 1.165) is 22.7 Å². The van der Waals surface area contributed by atoms with E-state index in [1.807, 2.05) is 19.1 Å². The molecule has 0 saturated heterocycles. The normalized spacial score (nSPS) is 10.7. The summed E-state index contributed by atoms with van der Waals surface area (Å²) in [4.78, 5) is 5.78. The summed E-state index contributed by atoms with van der Waals surface area (Å²) in [6, 6.07) is 3.72. The van der Waals surface area contributed by atoms with Gasteiger partial charge in [-0.25, -0.2) is 4.98 Å². The smallest absolute Gasteiger partial charge is 0.179 e. The molecule has 0 bridgehead atoms. The van der Waals surface area contributed by atoms with E-state index in [0.29, 0.717) is 23.1 Å². The summed E-state index contributed by atoms with van der Waals surface area (Å²) < 4.78 is 10.5. The van der Waals surface area contributed by atoms with Gasteiger partial charge in [-0.15, -0.1) is 11.3 Å². The van der Waals surface area contributed by atoms with E-state index >= 15 is 0 Å². The molecule has 1 aromatic carbocycles. The number of hydrogen-bond donors (Lipinski definition) is 1. The number of nitrogens with two attached hydrogens (primary N) is 1. The van der Waals surface area contributed by atoms with Gasteiger partial charge < -0.3 is 15.2 Å². The number of benzene rings is 1. The lowest BCUT2D eigenvalue weighted by Gasteiger charge is -2.10. The molecule has 4 nitrogen and oxygen atoms in total. The van der Waals surface area contributed by atoms with E-state index in [9.17, 15) is 0 Å². The van der Waals surface area contributed by atoms with Crippen molar-refractivity contribution >= 4 is 22.9 Å². The van der Waals surface area contributed by atoms with E-state index in [2.05, 4.69) is 4.98 Å². The molecule has 1 aromatic heterocycles. The number of methoxy groups -OCH3 is 2. The fourth-order valence-corrected chi connectivity index (χ4v) is 3.31. The molecule has 0 aliphatic rings. The number of aryl methyl sites for hydroxylation is 1. The first kappa shape index (κ1) is 15.1. The molecule has 0 saturated carbocycles. The van der Waals surface area contributed by atoms with Crippen LogP contribution in [0.3, 0.4) is 0 Å². The van der Waals surface area contributed by atoms with Crippen molar-refractivity contribution in [2.75, 3.05) is 20.8 Å². The number of halogens is 1. The summed E-state index contributed by atoms with van der Waals surface area (Å²) >= 11 is 7.86. The predicted molar refractivity (Wildman–Crippen MR) is 83.2 cm³/mol. The molecule has 0 amide bonds. The third kappa shape index (κ3) is 2.90. The van der Waals surface area contributed by atoms with Crippen molar-refractivity contribution in [1.29, 1.82) is 0 Å².